The van der Waals surface area contributed by atoms with Gasteiger partial charge in [-0.2, -0.15) is 0 Å². The molecule has 0 aliphatic rings. The number of amides is 1. The van der Waals surface area contributed by atoms with Crippen LogP contribution in [0.5, 0.6) is 11.5 Å². The third-order valence-electron chi connectivity index (χ3n) is 4.08. The van der Waals surface area contributed by atoms with Gasteiger partial charge >= 0.3 is 5.63 Å². The van der Waals surface area contributed by atoms with Crippen LogP contribution in [0.4, 0.5) is 5.69 Å². The third kappa shape index (κ3) is 3.78. The third-order valence-corrected chi connectivity index (χ3v) is 4.08. The van der Waals surface area contributed by atoms with Gasteiger partial charge in [0.15, 0.2) is 11.3 Å². The molecule has 0 atom stereocenters. The zero-order valence-corrected chi connectivity index (χ0v) is 15.3. The number of benzene rings is 2. The molecule has 0 saturated heterocycles. The first-order valence-corrected chi connectivity index (χ1v) is 8.31. The molecular formula is C20H20N2O5. The molecule has 2 N–H and O–H groups in total. The Morgan fingerprint density at radius 1 is 1.07 bits per heavy atom. The SMILES string of the molecule is CNCc1ccc(NC(=O)c2cc3ccc(OC)c(OC)c3oc2=O)cc1. The molecule has 0 radical (unpaired) electrons. The molecule has 0 unspecified atom stereocenters. The van der Waals surface area contributed by atoms with E-state index in [0.717, 1.165) is 12.1 Å². The van der Waals surface area contributed by atoms with Gasteiger partial charge < -0.3 is 24.5 Å². The van der Waals surface area contributed by atoms with Crippen LogP contribution < -0.4 is 25.7 Å². The number of nitrogens with one attached hydrogen (secondary N) is 2. The van der Waals surface area contributed by atoms with Crippen molar-refractivity contribution in [3.63, 3.8) is 0 Å². The molecular weight excluding hydrogens is 348 g/mol. The van der Waals surface area contributed by atoms with Gasteiger partial charge in [-0.1, -0.05) is 12.1 Å². The maximum atomic E-state index is 12.5. The summed E-state index contributed by atoms with van der Waals surface area (Å²) in [6.45, 7) is 0.730. The number of rotatable bonds is 6. The lowest BCUT2D eigenvalue weighted by molar-refractivity contribution is 0.102. The van der Waals surface area contributed by atoms with Crippen molar-refractivity contribution in [2.24, 2.45) is 0 Å². The Morgan fingerprint density at radius 2 is 1.81 bits per heavy atom. The Labute approximate surface area is 155 Å². The van der Waals surface area contributed by atoms with Crippen molar-refractivity contribution in [1.82, 2.24) is 5.32 Å². The van der Waals surface area contributed by atoms with Gasteiger partial charge in [-0.15, -0.1) is 0 Å². The average Bonchev–Trinajstić information content (AvgIpc) is 2.68. The van der Waals surface area contributed by atoms with Crippen molar-refractivity contribution >= 4 is 22.6 Å². The second-order valence-electron chi connectivity index (χ2n) is 5.85. The first kappa shape index (κ1) is 18.5. The summed E-state index contributed by atoms with van der Waals surface area (Å²) < 4.78 is 15.8. The number of fused-ring (bicyclic) bond motifs is 1. The molecule has 7 heteroatoms. The highest BCUT2D eigenvalue weighted by Gasteiger charge is 2.18. The minimum absolute atomic E-state index is 0.0889. The Bertz CT molecular complexity index is 1020. The molecule has 1 heterocycles. The van der Waals surface area contributed by atoms with E-state index in [2.05, 4.69) is 10.6 Å². The molecule has 1 amide bonds. The van der Waals surface area contributed by atoms with E-state index in [9.17, 15) is 9.59 Å². The van der Waals surface area contributed by atoms with Crippen LogP contribution in [-0.4, -0.2) is 27.2 Å². The summed E-state index contributed by atoms with van der Waals surface area (Å²) in [6.07, 6.45) is 0. The molecule has 3 aromatic rings. The van der Waals surface area contributed by atoms with E-state index in [1.54, 1.807) is 24.3 Å². The number of carbonyl (C=O) groups excluding carboxylic acids is 1. The second-order valence-corrected chi connectivity index (χ2v) is 5.85. The van der Waals surface area contributed by atoms with E-state index in [-0.39, 0.29) is 11.1 Å². The Kier molecular flexibility index (Phi) is 5.42. The van der Waals surface area contributed by atoms with Crippen LogP contribution in [-0.2, 0) is 6.54 Å². The molecule has 0 fully saturated rings. The van der Waals surface area contributed by atoms with Gasteiger partial charge in [-0.25, -0.2) is 4.79 Å². The zero-order chi connectivity index (χ0) is 19.4. The van der Waals surface area contributed by atoms with Crippen molar-refractivity contribution in [3.05, 3.63) is 64.0 Å². The van der Waals surface area contributed by atoms with Crippen LogP contribution in [0.15, 0.2) is 51.7 Å². The largest absolute Gasteiger partial charge is 0.493 e. The van der Waals surface area contributed by atoms with E-state index in [1.807, 2.05) is 19.2 Å². The van der Waals surface area contributed by atoms with Crippen LogP contribution in [0.25, 0.3) is 11.0 Å². The first-order valence-electron chi connectivity index (χ1n) is 8.31. The van der Waals surface area contributed by atoms with E-state index >= 15 is 0 Å². The summed E-state index contributed by atoms with van der Waals surface area (Å²) in [4.78, 5) is 24.9. The lowest BCUT2D eigenvalue weighted by Gasteiger charge is -2.10. The van der Waals surface area contributed by atoms with Gasteiger partial charge in [0.2, 0.25) is 5.75 Å². The molecule has 0 bridgehead atoms. The highest BCUT2D eigenvalue weighted by atomic mass is 16.5. The van der Waals surface area contributed by atoms with Crippen molar-refractivity contribution in [2.75, 3.05) is 26.6 Å². The Morgan fingerprint density at radius 3 is 2.44 bits per heavy atom. The maximum absolute atomic E-state index is 12.5. The van der Waals surface area contributed by atoms with Crippen molar-refractivity contribution in [2.45, 2.75) is 6.54 Å². The fourth-order valence-electron chi connectivity index (χ4n) is 2.76. The lowest BCUT2D eigenvalue weighted by Crippen LogP contribution is -2.20. The summed E-state index contributed by atoms with van der Waals surface area (Å²) >= 11 is 0. The Hall–Kier alpha value is -3.32. The predicted octanol–water partition coefficient (Wildman–Crippen LogP) is 2.78. The van der Waals surface area contributed by atoms with Crippen molar-refractivity contribution in [1.29, 1.82) is 0 Å². The van der Waals surface area contributed by atoms with E-state index in [1.165, 1.54) is 20.3 Å². The van der Waals surface area contributed by atoms with E-state index in [4.69, 9.17) is 13.9 Å². The van der Waals surface area contributed by atoms with Crippen LogP contribution >= 0.6 is 0 Å². The Balaban J connectivity index is 1.93. The highest BCUT2D eigenvalue weighted by molar-refractivity contribution is 6.05. The molecule has 140 valence electrons. The monoisotopic (exact) mass is 368 g/mol. The molecule has 2 aromatic carbocycles. The first-order chi connectivity index (χ1) is 13.1. The van der Waals surface area contributed by atoms with E-state index < -0.39 is 11.5 Å². The summed E-state index contributed by atoms with van der Waals surface area (Å²) in [5, 5.41) is 6.32. The molecule has 3 rings (SSSR count). The fourth-order valence-corrected chi connectivity index (χ4v) is 2.76. The molecule has 27 heavy (non-hydrogen) atoms. The number of methoxy groups -OCH3 is 2. The lowest BCUT2D eigenvalue weighted by atomic mass is 10.1. The maximum Gasteiger partial charge on any atom is 0.349 e. The minimum Gasteiger partial charge on any atom is -0.493 e. The standard InChI is InChI=1S/C20H20N2O5/c1-21-11-12-4-7-14(8-5-12)22-19(23)15-10-13-6-9-16(25-2)18(26-3)17(13)27-20(15)24/h4-10,21H,11H2,1-3H3,(H,22,23). The van der Waals surface area contributed by atoms with Gasteiger partial charge in [0.05, 0.1) is 14.2 Å². The van der Waals surface area contributed by atoms with Gasteiger partial charge in [0.1, 0.15) is 5.56 Å². The van der Waals surface area contributed by atoms with Crippen LogP contribution in [0, 0.1) is 0 Å². The smallest absolute Gasteiger partial charge is 0.349 e. The number of ether oxygens (including phenoxy) is 2. The van der Waals surface area contributed by atoms with Crippen molar-refractivity contribution < 1.29 is 18.7 Å². The normalized spacial score (nSPS) is 10.6. The van der Waals surface area contributed by atoms with Crippen molar-refractivity contribution in [3.8, 4) is 11.5 Å². The second kappa shape index (κ2) is 7.92. The molecule has 7 nitrogen and oxygen atoms in total. The van der Waals surface area contributed by atoms with E-state index in [0.29, 0.717) is 22.6 Å². The highest BCUT2D eigenvalue weighted by Crippen LogP contribution is 2.34. The average molecular weight is 368 g/mol. The van der Waals surface area contributed by atoms with Gasteiger partial charge in [0, 0.05) is 17.6 Å². The van der Waals surface area contributed by atoms with Gasteiger partial charge in [-0.05, 0) is 42.9 Å². The minimum atomic E-state index is -0.752. The van der Waals surface area contributed by atoms with Crippen LogP contribution in [0.3, 0.4) is 0 Å². The van der Waals surface area contributed by atoms with Crippen LogP contribution in [0.2, 0.25) is 0 Å². The molecule has 0 saturated carbocycles. The van der Waals surface area contributed by atoms with Gasteiger partial charge in [-0.3, -0.25) is 4.79 Å². The fraction of sp³-hybridized carbons (Fsp3) is 0.200. The summed E-state index contributed by atoms with van der Waals surface area (Å²) in [6, 6.07) is 12.2. The summed E-state index contributed by atoms with van der Waals surface area (Å²) in [5.74, 6) is 0.202. The molecule has 1 aromatic heterocycles. The predicted molar refractivity (Wildman–Crippen MR) is 103 cm³/mol. The van der Waals surface area contributed by atoms with Crippen LogP contribution in [0.1, 0.15) is 15.9 Å². The molecule has 0 aliphatic carbocycles. The topological polar surface area (TPSA) is 89.8 Å². The molecule has 0 spiro atoms. The quantitative estimate of drug-likeness (QED) is 0.651. The zero-order valence-electron chi connectivity index (χ0n) is 15.3. The number of hydrogen-bond donors (Lipinski definition) is 2. The summed E-state index contributed by atoms with van der Waals surface area (Å²) in [7, 11) is 4.81. The number of anilines is 1. The number of hydrogen-bond acceptors (Lipinski definition) is 6. The molecule has 0 aliphatic heterocycles. The number of carbonyl (C=O) groups is 1. The summed E-state index contributed by atoms with van der Waals surface area (Å²) in [5.41, 5.74) is 1.07. The van der Waals surface area contributed by atoms with Gasteiger partial charge in [0.25, 0.3) is 5.91 Å².